The molecule has 0 spiro atoms. The van der Waals surface area contributed by atoms with E-state index in [9.17, 15) is 5.11 Å². The van der Waals surface area contributed by atoms with Gasteiger partial charge in [-0.1, -0.05) is 0 Å². The van der Waals surface area contributed by atoms with Crippen molar-refractivity contribution in [1.82, 2.24) is 15.4 Å². The normalized spacial score (nSPS) is 12.9. The molecule has 1 unspecified atom stereocenters. The monoisotopic (exact) mass is 209 g/mol. The molecule has 14 heavy (non-hydrogen) atoms. The number of aryl methyl sites for hydroxylation is 1. The standard InChI is InChI=1S/C9H11N3OS/c13-9(8-5-10-12-11-8)2-1-7-3-4-14-6-7/h3-6,9,13H,1-2H2,(H,10,11,12). The Balaban J connectivity index is 1.87. The molecule has 2 rings (SSSR count). The lowest BCUT2D eigenvalue weighted by Gasteiger charge is -2.04. The minimum Gasteiger partial charge on any atom is -0.387 e. The largest absolute Gasteiger partial charge is 0.387 e. The Bertz CT molecular complexity index is 357. The molecule has 2 heterocycles. The summed E-state index contributed by atoms with van der Waals surface area (Å²) in [5, 5.41) is 23.8. The van der Waals surface area contributed by atoms with Gasteiger partial charge in [0.2, 0.25) is 0 Å². The quantitative estimate of drug-likeness (QED) is 0.802. The van der Waals surface area contributed by atoms with Gasteiger partial charge in [-0.3, -0.25) is 0 Å². The van der Waals surface area contributed by atoms with E-state index in [0.717, 1.165) is 6.42 Å². The molecule has 4 nitrogen and oxygen atoms in total. The zero-order valence-corrected chi connectivity index (χ0v) is 8.37. The van der Waals surface area contributed by atoms with E-state index in [0.29, 0.717) is 12.1 Å². The summed E-state index contributed by atoms with van der Waals surface area (Å²) in [5.74, 6) is 0. The van der Waals surface area contributed by atoms with Crippen LogP contribution < -0.4 is 0 Å². The van der Waals surface area contributed by atoms with Crippen molar-refractivity contribution in [3.05, 3.63) is 34.3 Å². The first-order valence-corrected chi connectivity index (χ1v) is 5.35. The molecule has 1 atom stereocenters. The highest BCUT2D eigenvalue weighted by Gasteiger charge is 2.10. The van der Waals surface area contributed by atoms with E-state index in [4.69, 9.17) is 0 Å². The lowest BCUT2D eigenvalue weighted by atomic mass is 10.1. The third-order valence-electron chi connectivity index (χ3n) is 2.06. The van der Waals surface area contributed by atoms with Gasteiger partial charge in [0.1, 0.15) is 5.69 Å². The number of thiophene rings is 1. The van der Waals surface area contributed by atoms with E-state index in [-0.39, 0.29) is 0 Å². The highest BCUT2D eigenvalue weighted by molar-refractivity contribution is 7.07. The number of aliphatic hydroxyl groups excluding tert-OH is 1. The molecule has 0 saturated carbocycles. The molecular weight excluding hydrogens is 198 g/mol. The van der Waals surface area contributed by atoms with Crippen molar-refractivity contribution in [3.63, 3.8) is 0 Å². The number of aromatic nitrogens is 3. The van der Waals surface area contributed by atoms with Crippen molar-refractivity contribution < 1.29 is 5.11 Å². The number of H-pyrrole nitrogens is 1. The molecule has 5 heteroatoms. The van der Waals surface area contributed by atoms with Crippen LogP contribution in [0.1, 0.15) is 23.8 Å². The number of hydrogen-bond acceptors (Lipinski definition) is 4. The van der Waals surface area contributed by atoms with E-state index < -0.39 is 6.10 Å². The fraction of sp³-hybridized carbons (Fsp3) is 0.333. The van der Waals surface area contributed by atoms with E-state index in [1.54, 1.807) is 17.5 Å². The van der Waals surface area contributed by atoms with Crippen LogP contribution in [0.25, 0.3) is 0 Å². The molecule has 0 saturated heterocycles. The number of hydrogen-bond donors (Lipinski definition) is 2. The molecule has 0 aliphatic rings. The molecule has 0 aliphatic heterocycles. The second-order valence-electron chi connectivity index (χ2n) is 3.08. The van der Waals surface area contributed by atoms with Crippen LogP contribution >= 0.6 is 11.3 Å². The van der Waals surface area contributed by atoms with Crippen LogP contribution in [0.2, 0.25) is 0 Å². The summed E-state index contributed by atoms with van der Waals surface area (Å²) in [7, 11) is 0. The van der Waals surface area contributed by atoms with Crippen molar-refractivity contribution in [1.29, 1.82) is 0 Å². The van der Waals surface area contributed by atoms with Crippen LogP contribution in [0.3, 0.4) is 0 Å². The van der Waals surface area contributed by atoms with Crippen LogP contribution in [0, 0.1) is 0 Å². The predicted octanol–water partition coefficient (Wildman–Crippen LogP) is 1.53. The topological polar surface area (TPSA) is 61.8 Å². The van der Waals surface area contributed by atoms with Gasteiger partial charge in [-0.05, 0) is 35.2 Å². The smallest absolute Gasteiger partial charge is 0.111 e. The minimum atomic E-state index is -0.520. The second-order valence-corrected chi connectivity index (χ2v) is 3.86. The van der Waals surface area contributed by atoms with Gasteiger partial charge >= 0.3 is 0 Å². The van der Waals surface area contributed by atoms with Crippen molar-refractivity contribution in [2.45, 2.75) is 18.9 Å². The predicted molar refractivity (Wildman–Crippen MR) is 54.0 cm³/mol. The van der Waals surface area contributed by atoms with Gasteiger partial charge in [0.05, 0.1) is 12.3 Å². The summed E-state index contributed by atoms with van der Waals surface area (Å²) >= 11 is 1.67. The van der Waals surface area contributed by atoms with Gasteiger partial charge in [-0.25, -0.2) is 0 Å². The molecular formula is C9H11N3OS. The molecule has 2 aromatic rings. The number of aromatic amines is 1. The summed E-state index contributed by atoms with van der Waals surface area (Å²) in [6.07, 6.45) is 2.59. The van der Waals surface area contributed by atoms with Crippen LogP contribution in [-0.2, 0) is 6.42 Å². The Morgan fingerprint density at radius 1 is 1.57 bits per heavy atom. The van der Waals surface area contributed by atoms with Gasteiger partial charge < -0.3 is 5.11 Å². The summed E-state index contributed by atoms with van der Waals surface area (Å²) < 4.78 is 0. The van der Waals surface area contributed by atoms with Gasteiger partial charge in [0, 0.05) is 0 Å². The van der Waals surface area contributed by atoms with Crippen LogP contribution in [0.15, 0.2) is 23.0 Å². The maximum absolute atomic E-state index is 9.69. The highest BCUT2D eigenvalue weighted by Crippen LogP contribution is 2.17. The second kappa shape index (κ2) is 4.34. The number of nitrogens with zero attached hydrogens (tertiary/aromatic N) is 2. The van der Waals surface area contributed by atoms with Gasteiger partial charge in [-0.15, -0.1) is 0 Å². The summed E-state index contributed by atoms with van der Waals surface area (Å²) in [6, 6.07) is 2.07. The third-order valence-corrected chi connectivity index (χ3v) is 2.79. The molecule has 0 aromatic carbocycles. The Labute approximate surface area is 85.6 Å². The average molecular weight is 209 g/mol. The van der Waals surface area contributed by atoms with Crippen LogP contribution in [-0.4, -0.2) is 20.5 Å². The first-order chi connectivity index (χ1) is 6.86. The zero-order chi connectivity index (χ0) is 9.80. The molecule has 0 amide bonds. The van der Waals surface area contributed by atoms with Crippen molar-refractivity contribution in [3.8, 4) is 0 Å². The van der Waals surface area contributed by atoms with Gasteiger partial charge in [0.25, 0.3) is 0 Å². The lowest BCUT2D eigenvalue weighted by Crippen LogP contribution is -1.99. The molecule has 0 fully saturated rings. The van der Waals surface area contributed by atoms with E-state index in [1.165, 1.54) is 5.56 Å². The number of aliphatic hydroxyl groups is 1. The SMILES string of the molecule is OC(CCc1ccsc1)c1cn[nH]n1. The van der Waals surface area contributed by atoms with Gasteiger partial charge in [-0.2, -0.15) is 26.7 Å². The lowest BCUT2D eigenvalue weighted by molar-refractivity contribution is 0.163. The molecule has 0 aliphatic carbocycles. The Hall–Kier alpha value is -1.20. The Kier molecular flexibility index (Phi) is 2.90. The summed E-state index contributed by atoms with van der Waals surface area (Å²) in [5.41, 5.74) is 1.87. The van der Waals surface area contributed by atoms with Crippen molar-refractivity contribution in [2.24, 2.45) is 0 Å². The first kappa shape index (κ1) is 9.36. The van der Waals surface area contributed by atoms with Crippen LogP contribution in [0.5, 0.6) is 0 Å². The maximum Gasteiger partial charge on any atom is 0.111 e. The summed E-state index contributed by atoms with van der Waals surface area (Å²) in [6.45, 7) is 0. The Morgan fingerprint density at radius 3 is 3.14 bits per heavy atom. The van der Waals surface area contributed by atoms with E-state index in [1.807, 2.05) is 5.38 Å². The highest BCUT2D eigenvalue weighted by atomic mass is 32.1. The van der Waals surface area contributed by atoms with Crippen molar-refractivity contribution in [2.75, 3.05) is 0 Å². The molecule has 2 N–H and O–H groups in total. The molecule has 74 valence electrons. The molecule has 2 aromatic heterocycles. The average Bonchev–Trinajstić information content (AvgIpc) is 2.87. The number of nitrogens with one attached hydrogen (secondary N) is 1. The summed E-state index contributed by atoms with van der Waals surface area (Å²) in [4.78, 5) is 0. The van der Waals surface area contributed by atoms with E-state index >= 15 is 0 Å². The fourth-order valence-electron chi connectivity index (χ4n) is 1.26. The Morgan fingerprint density at radius 2 is 2.50 bits per heavy atom. The minimum absolute atomic E-state index is 0.520. The van der Waals surface area contributed by atoms with E-state index in [2.05, 4.69) is 26.9 Å². The van der Waals surface area contributed by atoms with Crippen molar-refractivity contribution >= 4 is 11.3 Å². The molecule has 0 bridgehead atoms. The third kappa shape index (κ3) is 2.18. The molecule has 0 radical (unpaired) electrons. The van der Waals surface area contributed by atoms with Crippen LogP contribution in [0.4, 0.5) is 0 Å². The number of rotatable bonds is 4. The fourth-order valence-corrected chi connectivity index (χ4v) is 1.96. The van der Waals surface area contributed by atoms with Gasteiger partial charge in [0.15, 0.2) is 0 Å². The zero-order valence-electron chi connectivity index (χ0n) is 7.55. The first-order valence-electron chi connectivity index (χ1n) is 4.41. The maximum atomic E-state index is 9.69.